The number of nitrogens with one attached hydrogen (secondary N) is 1. The van der Waals surface area contributed by atoms with Gasteiger partial charge < -0.3 is 15.3 Å². The smallest absolute Gasteiger partial charge is 0.225 e. The molecule has 1 aliphatic heterocycles. The SMILES string of the molecule is OCC#Cc1csc(CN[C@@H]2CCCN(c3ncccn3)C2)c1. The summed E-state index contributed by atoms with van der Waals surface area (Å²) in [6.45, 7) is 2.71. The predicted molar refractivity (Wildman–Crippen MR) is 92.4 cm³/mol. The van der Waals surface area contributed by atoms with Crippen molar-refractivity contribution in [2.24, 2.45) is 0 Å². The van der Waals surface area contributed by atoms with Crippen molar-refractivity contribution in [1.82, 2.24) is 15.3 Å². The van der Waals surface area contributed by atoms with E-state index in [1.165, 1.54) is 11.3 Å². The summed E-state index contributed by atoms with van der Waals surface area (Å²) in [6.07, 6.45) is 5.90. The van der Waals surface area contributed by atoms with Crippen molar-refractivity contribution in [2.75, 3.05) is 24.6 Å². The Labute approximate surface area is 140 Å². The molecule has 5 nitrogen and oxygen atoms in total. The van der Waals surface area contributed by atoms with Gasteiger partial charge in [-0.25, -0.2) is 9.97 Å². The first-order chi connectivity index (χ1) is 11.3. The van der Waals surface area contributed by atoms with Crippen molar-refractivity contribution in [3.8, 4) is 11.8 Å². The number of piperidine rings is 1. The molecule has 0 bridgehead atoms. The van der Waals surface area contributed by atoms with E-state index < -0.39 is 0 Å². The molecular formula is C17H20N4OS. The topological polar surface area (TPSA) is 61.3 Å². The molecule has 0 spiro atoms. The summed E-state index contributed by atoms with van der Waals surface area (Å²) in [5.41, 5.74) is 0.976. The van der Waals surface area contributed by atoms with Crippen LogP contribution in [-0.4, -0.2) is 40.8 Å². The Kier molecular flexibility index (Phi) is 5.59. The summed E-state index contributed by atoms with van der Waals surface area (Å²) < 4.78 is 0. The minimum atomic E-state index is -0.0943. The zero-order valence-electron chi connectivity index (χ0n) is 12.9. The van der Waals surface area contributed by atoms with Crippen molar-refractivity contribution < 1.29 is 5.11 Å². The van der Waals surface area contributed by atoms with Gasteiger partial charge in [0.15, 0.2) is 0 Å². The summed E-state index contributed by atoms with van der Waals surface area (Å²) in [7, 11) is 0. The summed E-state index contributed by atoms with van der Waals surface area (Å²) in [5.74, 6) is 6.43. The van der Waals surface area contributed by atoms with Crippen molar-refractivity contribution in [3.05, 3.63) is 40.3 Å². The standard InChI is InChI=1S/C17H20N4OS/c22-9-2-4-14-10-16(23-13-14)11-20-15-5-1-8-21(12-15)17-18-6-3-7-19-17/h3,6-7,10,13,15,20,22H,1,5,8-9,11-12H2/t15-/m1/s1. The molecule has 0 aromatic carbocycles. The van der Waals surface area contributed by atoms with Crippen LogP contribution in [0.4, 0.5) is 5.95 Å². The van der Waals surface area contributed by atoms with Gasteiger partial charge in [0.25, 0.3) is 0 Å². The van der Waals surface area contributed by atoms with Gasteiger partial charge in [-0.05, 0) is 25.0 Å². The fraction of sp³-hybridized carbons (Fsp3) is 0.412. The van der Waals surface area contributed by atoms with Crippen LogP contribution in [0, 0.1) is 11.8 Å². The van der Waals surface area contributed by atoms with E-state index in [2.05, 4.69) is 38.1 Å². The normalized spacial score (nSPS) is 17.6. The molecule has 3 rings (SSSR count). The van der Waals surface area contributed by atoms with E-state index in [1.807, 2.05) is 11.4 Å². The van der Waals surface area contributed by atoms with Gasteiger partial charge in [-0.1, -0.05) is 11.8 Å². The van der Waals surface area contributed by atoms with E-state index in [4.69, 9.17) is 5.11 Å². The van der Waals surface area contributed by atoms with E-state index in [-0.39, 0.29) is 6.61 Å². The number of aromatic nitrogens is 2. The number of thiophene rings is 1. The quantitative estimate of drug-likeness (QED) is 0.836. The minimum Gasteiger partial charge on any atom is -0.384 e. The number of aliphatic hydroxyl groups excluding tert-OH is 1. The second-order valence-electron chi connectivity index (χ2n) is 5.48. The van der Waals surface area contributed by atoms with E-state index in [1.54, 1.807) is 23.7 Å². The molecule has 23 heavy (non-hydrogen) atoms. The molecule has 120 valence electrons. The summed E-state index contributed by atoms with van der Waals surface area (Å²) in [5, 5.41) is 14.4. The van der Waals surface area contributed by atoms with Crippen molar-refractivity contribution in [3.63, 3.8) is 0 Å². The Morgan fingerprint density at radius 1 is 1.39 bits per heavy atom. The molecule has 0 saturated carbocycles. The fourth-order valence-electron chi connectivity index (χ4n) is 2.71. The van der Waals surface area contributed by atoms with Crippen LogP contribution in [0.5, 0.6) is 0 Å². The van der Waals surface area contributed by atoms with Gasteiger partial charge in [0.1, 0.15) is 6.61 Å². The number of hydrogen-bond acceptors (Lipinski definition) is 6. The van der Waals surface area contributed by atoms with Crippen molar-refractivity contribution in [2.45, 2.75) is 25.4 Å². The molecule has 0 unspecified atom stereocenters. The molecule has 0 radical (unpaired) electrons. The van der Waals surface area contributed by atoms with Gasteiger partial charge >= 0.3 is 0 Å². The molecule has 1 saturated heterocycles. The zero-order chi connectivity index (χ0) is 15.9. The van der Waals surface area contributed by atoms with Crippen LogP contribution < -0.4 is 10.2 Å². The molecule has 1 atom stereocenters. The second-order valence-corrected chi connectivity index (χ2v) is 6.47. The van der Waals surface area contributed by atoms with Crippen LogP contribution >= 0.6 is 11.3 Å². The van der Waals surface area contributed by atoms with Gasteiger partial charge in [-0.3, -0.25) is 0 Å². The molecule has 2 aromatic rings. The molecule has 0 amide bonds. The Hall–Kier alpha value is -1.94. The van der Waals surface area contributed by atoms with Gasteiger partial charge in [0.2, 0.25) is 5.95 Å². The van der Waals surface area contributed by atoms with E-state index >= 15 is 0 Å². The lowest BCUT2D eigenvalue weighted by Crippen LogP contribution is -2.46. The molecule has 0 aliphatic carbocycles. The van der Waals surface area contributed by atoms with Crippen LogP contribution in [-0.2, 0) is 6.54 Å². The van der Waals surface area contributed by atoms with E-state index in [9.17, 15) is 0 Å². The van der Waals surface area contributed by atoms with Gasteiger partial charge in [0, 0.05) is 53.9 Å². The maximum absolute atomic E-state index is 8.73. The lowest BCUT2D eigenvalue weighted by Gasteiger charge is -2.33. The molecule has 2 aromatic heterocycles. The van der Waals surface area contributed by atoms with Crippen LogP contribution in [0.15, 0.2) is 29.9 Å². The maximum atomic E-state index is 8.73. The first-order valence-electron chi connectivity index (χ1n) is 7.77. The first-order valence-corrected chi connectivity index (χ1v) is 8.65. The van der Waals surface area contributed by atoms with Gasteiger partial charge in [0.05, 0.1) is 0 Å². The average Bonchev–Trinajstić information content (AvgIpc) is 3.07. The predicted octanol–water partition coefficient (Wildman–Crippen LogP) is 1.64. The van der Waals surface area contributed by atoms with Gasteiger partial charge in [-0.15, -0.1) is 11.3 Å². The Bertz CT molecular complexity index is 677. The summed E-state index contributed by atoms with van der Waals surface area (Å²) in [4.78, 5) is 12.2. The largest absolute Gasteiger partial charge is 0.384 e. The first kappa shape index (κ1) is 15.9. The summed E-state index contributed by atoms with van der Waals surface area (Å²) >= 11 is 1.70. The molecular weight excluding hydrogens is 308 g/mol. The second kappa shape index (κ2) is 8.06. The minimum absolute atomic E-state index is 0.0943. The maximum Gasteiger partial charge on any atom is 0.225 e. The number of aliphatic hydroxyl groups is 1. The number of nitrogens with zero attached hydrogens (tertiary/aromatic N) is 3. The van der Waals surface area contributed by atoms with Gasteiger partial charge in [-0.2, -0.15) is 0 Å². The third-order valence-corrected chi connectivity index (χ3v) is 4.72. The lowest BCUT2D eigenvalue weighted by molar-refractivity contribution is 0.350. The fourth-order valence-corrected chi connectivity index (χ4v) is 3.47. The van der Waals surface area contributed by atoms with E-state index in [0.29, 0.717) is 6.04 Å². The number of hydrogen-bond donors (Lipinski definition) is 2. The van der Waals surface area contributed by atoms with Crippen LogP contribution in [0.25, 0.3) is 0 Å². The summed E-state index contributed by atoms with van der Waals surface area (Å²) in [6, 6.07) is 4.37. The van der Waals surface area contributed by atoms with Crippen molar-refractivity contribution >= 4 is 17.3 Å². The number of anilines is 1. The molecule has 3 heterocycles. The van der Waals surface area contributed by atoms with E-state index in [0.717, 1.165) is 37.6 Å². The number of rotatable bonds is 4. The molecule has 1 aliphatic rings. The van der Waals surface area contributed by atoms with Crippen LogP contribution in [0.1, 0.15) is 23.3 Å². The Morgan fingerprint density at radius 2 is 2.26 bits per heavy atom. The highest BCUT2D eigenvalue weighted by Crippen LogP contribution is 2.17. The third-order valence-electron chi connectivity index (χ3n) is 3.79. The molecule has 2 N–H and O–H groups in total. The average molecular weight is 328 g/mol. The third kappa shape index (κ3) is 4.52. The van der Waals surface area contributed by atoms with Crippen molar-refractivity contribution in [1.29, 1.82) is 0 Å². The molecule has 1 fully saturated rings. The molecule has 6 heteroatoms. The highest BCUT2D eigenvalue weighted by molar-refractivity contribution is 7.10. The highest BCUT2D eigenvalue weighted by atomic mass is 32.1. The lowest BCUT2D eigenvalue weighted by atomic mass is 10.1. The Morgan fingerprint density at radius 3 is 3.09 bits per heavy atom. The van der Waals surface area contributed by atoms with Crippen LogP contribution in [0.2, 0.25) is 0 Å². The Balaban J connectivity index is 1.53. The van der Waals surface area contributed by atoms with Crippen LogP contribution in [0.3, 0.4) is 0 Å². The highest BCUT2D eigenvalue weighted by Gasteiger charge is 2.21. The zero-order valence-corrected chi connectivity index (χ0v) is 13.7. The monoisotopic (exact) mass is 328 g/mol.